The predicted octanol–water partition coefficient (Wildman–Crippen LogP) is 5.27. The fraction of sp³-hybridized carbons (Fsp3) is 0.185. The molecule has 0 bridgehead atoms. The monoisotopic (exact) mass is 426 g/mol. The quantitative estimate of drug-likeness (QED) is 0.546. The van der Waals surface area contributed by atoms with Crippen molar-refractivity contribution in [3.05, 3.63) is 94.7 Å². The Morgan fingerprint density at radius 2 is 1.53 bits per heavy atom. The summed E-state index contributed by atoms with van der Waals surface area (Å²) >= 11 is 0. The first kappa shape index (κ1) is 21.4. The van der Waals surface area contributed by atoms with Crippen LogP contribution in [0.25, 0.3) is 5.57 Å². The summed E-state index contributed by atoms with van der Waals surface area (Å²) in [6.07, 6.45) is 0.881. The van der Waals surface area contributed by atoms with Gasteiger partial charge in [0.1, 0.15) is 11.4 Å². The van der Waals surface area contributed by atoms with Crippen molar-refractivity contribution in [3.63, 3.8) is 0 Å². The molecule has 2 amide bonds. The van der Waals surface area contributed by atoms with Crippen molar-refractivity contribution in [3.8, 4) is 5.75 Å². The fourth-order valence-corrected chi connectivity index (χ4v) is 4.05. The number of carbonyl (C=O) groups is 2. The van der Waals surface area contributed by atoms with Crippen LogP contribution in [0.2, 0.25) is 0 Å². The molecule has 5 heteroatoms. The second-order valence-electron chi connectivity index (χ2n) is 7.92. The molecule has 4 rings (SSSR count). The second-order valence-corrected chi connectivity index (χ2v) is 7.92. The molecule has 1 heterocycles. The Morgan fingerprint density at radius 3 is 2.16 bits per heavy atom. The number of rotatable bonds is 6. The number of hydrogen-bond donors (Lipinski definition) is 1. The normalized spacial score (nSPS) is 13.7. The van der Waals surface area contributed by atoms with E-state index in [-0.39, 0.29) is 17.5 Å². The molecule has 0 radical (unpaired) electrons. The minimum absolute atomic E-state index is 0.240. The molecule has 1 aliphatic rings. The van der Waals surface area contributed by atoms with Gasteiger partial charge in [0.2, 0.25) is 0 Å². The van der Waals surface area contributed by atoms with E-state index in [4.69, 9.17) is 4.74 Å². The third-order valence-electron chi connectivity index (χ3n) is 5.55. The van der Waals surface area contributed by atoms with Gasteiger partial charge in [0.15, 0.2) is 0 Å². The average molecular weight is 427 g/mol. The fourth-order valence-electron chi connectivity index (χ4n) is 4.05. The van der Waals surface area contributed by atoms with Crippen molar-refractivity contribution in [1.82, 2.24) is 0 Å². The van der Waals surface area contributed by atoms with Crippen LogP contribution in [0.1, 0.15) is 29.2 Å². The maximum absolute atomic E-state index is 13.6. The number of para-hydroxylation sites is 1. The number of methoxy groups -OCH3 is 1. The molecule has 0 unspecified atom stereocenters. The van der Waals surface area contributed by atoms with E-state index >= 15 is 0 Å². The number of benzene rings is 3. The van der Waals surface area contributed by atoms with Crippen LogP contribution in [0.4, 0.5) is 11.4 Å². The van der Waals surface area contributed by atoms with Crippen molar-refractivity contribution in [1.29, 1.82) is 0 Å². The maximum Gasteiger partial charge on any atom is 0.282 e. The Balaban J connectivity index is 1.85. The molecule has 0 saturated carbocycles. The highest BCUT2D eigenvalue weighted by Crippen LogP contribution is 2.37. The average Bonchev–Trinajstić information content (AvgIpc) is 3.02. The van der Waals surface area contributed by atoms with Crippen LogP contribution in [0.15, 0.2) is 72.4 Å². The molecule has 0 aliphatic carbocycles. The molecule has 0 aromatic heterocycles. The Hall–Kier alpha value is -3.86. The van der Waals surface area contributed by atoms with Gasteiger partial charge < -0.3 is 10.1 Å². The van der Waals surface area contributed by atoms with Crippen LogP contribution in [0.3, 0.4) is 0 Å². The van der Waals surface area contributed by atoms with E-state index in [0.717, 1.165) is 28.8 Å². The zero-order valence-electron chi connectivity index (χ0n) is 18.7. The van der Waals surface area contributed by atoms with Gasteiger partial charge in [-0.2, -0.15) is 0 Å². The highest BCUT2D eigenvalue weighted by Gasteiger charge is 2.41. The van der Waals surface area contributed by atoms with Gasteiger partial charge in [-0.15, -0.1) is 0 Å². The predicted molar refractivity (Wildman–Crippen MR) is 128 cm³/mol. The summed E-state index contributed by atoms with van der Waals surface area (Å²) < 4.78 is 5.51. The van der Waals surface area contributed by atoms with E-state index in [2.05, 4.69) is 18.3 Å². The summed E-state index contributed by atoms with van der Waals surface area (Å²) in [5.41, 5.74) is 5.69. The zero-order chi connectivity index (χ0) is 22.8. The number of amides is 2. The van der Waals surface area contributed by atoms with Crippen molar-refractivity contribution < 1.29 is 14.3 Å². The number of anilines is 2. The van der Waals surface area contributed by atoms with Crippen LogP contribution >= 0.6 is 0 Å². The van der Waals surface area contributed by atoms with Gasteiger partial charge in [-0.1, -0.05) is 43.3 Å². The molecule has 3 aromatic carbocycles. The largest absolute Gasteiger partial charge is 0.496 e. The molecule has 3 aromatic rings. The number of nitrogens with one attached hydrogen (secondary N) is 1. The van der Waals surface area contributed by atoms with Crippen LogP contribution in [0, 0.1) is 13.8 Å². The molecule has 0 spiro atoms. The number of nitrogens with zero attached hydrogens (tertiary/aromatic N) is 1. The first-order chi connectivity index (χ1) is 15.4. The van der Waals surface area contributed by atoms with E-state index < -0.39 is 0 Å². The summed E-state index contributed by atoms with van der Waals surface area (Å²) in [6.45, 7) is 6.06. The molecule has 162 valence electrons. The molecular formula is C27H26N2O3. The smallest absolute Gasteiger partial charge is 0.282 e. The van der Waals surface area contributed by atoms with E-state index in [1.807, 2.05) is 62.4 Å². The summed E-state index contributed by atoms with van der Waals surface area (Å²) in [5, 5.41) is 3.24. The SMILES string of the molecule is CCc1ccc(N2C(=O)C(Nc3cc(C)cc(C)c3)=C(c3ccccc3OC)C2=O)cc1. The van der Waals surface area contributed by atoms with Crippen LogP contribution in [0.5, 0.6) is 5.75 Å². The Bertz CT molecular complexity index is 1210. The maximum atomic E-state index is 13.6. The van der Waals surface area contributed by atoms with Gasteiger partial charge >= 0.3 is 0 Å². The highest BCUT2D eigenvalue weighted by molar-refractivity contribution is 6.46. The molecule has 0 atom stereocenters. The number of imide groups is 1. The molecule has 0 saturated heterocycles. The topological polar surface area (TPSA) is 58.6 Å². The van der Waals surface area contributed by atoms with Crippen molar-refractivity contribution in [2.45, 2.75) is 27.2 Å². The first-order valence-corrected chi connectivity index (χ1v) is 10.6. The standard InChI is InChI=1S/C27H26N2O3/c1-5-19-10-12-21(13-11-19)29-26(30)24(22-8-6-7-9-23(22)32-4)25(27(29)31)28-20-15-17(2)14-18(3)16-20/h6-16,28H,5H2,1-4H3. The minimum Gasteiger partial charge on any atom is -0.496 e. The van der Waals surface area contributed by atoms with E-state index in [9.17, 15) is 9.59 Å². The first-order valence-electron chi connectivity index (χ1n) is 10.6. The second kappa shape index (κ2) is 8.71. The van der Waals surface area contributed by atoms with Gasteiger partial charge in [0, 0.05) is 11.3 Å². The Labute approximate surface area is 188 Å². The number of ether oxygens (including phenoxy) is 1. The summed E-state index contributed by atoms with van der Waals surface area (Å²) in [7, 11) is 1.55. The lowest BCUT2D eigenvalue weighted by Crippen LogP contribution is -2.32. The van der Waals surface area contributed by atoms with Crippen LogP contribution in [-0.2, 0) is 16.0 Å². The van der Waals surface area contributed by atoms with E-state index in [1.165, 1.54) is 4.90 Å². The highest BCUT2D eigenvalue weighted by atomic mass is 16.5. The van der Waals surface area contributed by atoms with Crippen molar-refractivity contribution in [2.75, 3.05) is 17.3 Å². The third kappa shape index (κ3) is 3.89. The lowest BCUT2D eigenvalue weighted by Gasteiger charge is -2.16. The lowest BCUT2D eigenvalue weighted by atomic mass is 10.0. The molecule has 32 heavy (non-hydrogen) atoms. The Morgan fingerprint density at radius 1 is 0.875 bits per heavy atom. The van der Waals surface area contributed by atoms with Crippen molar-refractivity contribution >= 4 is 28.8 Å². The Kier molecular flexibility index (Phi) is 5.82. The van der Waals surface area contributed by atoms with Crippen molar-refractivity contribution in [2.24, 2.45) is 0 Å². The zero-order valence-corrected chi connectivity index (χ0v) is 18.7. The molecular weight excluding hydrogens is 400 g/mol. The van der Waals surface area contributed by atoms with E-state index in [1.54, 1.807) is 19.2 Å². The molecule has 0 fully saturated rings. The summed E-state index contributed by atoms with van der Waals surface area (Å²) in [4.78, 5) is 28.4. The summed E-state index contributed by atoms with van der Waals surface area (Å²) in [6, 6.07) is 20.7. The van der Waals surface area contributed by atoms with Gasteiger partial charge in [-0.25, -0.2) is 4.90 Å². The number of hydrogen-bond acceptors (Lipinski definition) is 4. The van der Waals surface area contributed by atoms with Crippen LogP contribution in [-0.4, -0.2) is 18.9 Å². The number of carbonyl (C=O) groups excluding carboxylic acids is 2. The van der Waals surface area contributed by atoms with E-state index in [0.29, 0.717) is 22.6 Å². The molecule has 1 aliphatic heterocycles. The third-order valence-corrected chi connectivity index (χ3v) is 5.55. The molecule has 1 N–H and O–H groups in total. The van der Waals surface area contributed by atoms with Gasteiger partial charge in [-0.3, -0.25) is 9.59 Å². The number of aryl methyl sites for hydroxylation is 3. The molecule has 5 nitrogen and oxygen atoms in total. The lowest BCUT2D eigenvalue weighted by molar-refractivity contribution is -0.120. The van der Waals surface area contributed by atoms with Gasteiger partial charge in [0.05, 0.1) is 18.4 Å². The minimum atomic E-state index is -0.390. The van der Waals surface area contributed by atoms with Gasteiger partial charge in [-0.05, 0) is 67.3 Å². The van der Waals surface area contributed by atoms with Gasteiger partial charge in [0.25, 0.3) is 11.8 Å². The van der Waals surface area contributed by atoms with Crippen LogP contribution < -0.4 is 15.0 Å². The summed E-state index contributed by atoms with van der Waals surface area (Å²) in [5.74, 6) is -0.235.